The van der Waals surface area contributed by atoms with Gasteiger partial charge in [-0.1, -0.05) is 17.7 Å². The topological polar surface area (TPSA) is 107 Å². The van der Waals surface area contributed by atoms with Crippen molar-refractivity contribution < 1.29 is 9.59 Å². The molecule has 1 aromatic carbocycles. The van der Waals surface area contributed by atoms with Gasteiger partial charge in [0.1, 0.15) is 6.54 Å². The minimum absolute atomic E-state index is 0.0146. The Morgan fingerprint density at radius 1 is 1.15 bits per heavy atom. The number of amides is 2. The van der Waals surface area contributed by atoms with Gasteiger partial charge in [-0.2, -0.15) is 10.4 Å². The number of nitrogens with one attached hydrogen (secondary N) is 1. The van der Waals surface area contributed by atoms with Crippen LogP contribution in [0, 0.1) is 25.2 Å². The number of anilines is 2. The Morgan fingerprint density at radius 2 is 1.91 bits per heavy atom. The van der Waals surface area contributed by atoms with Crippen molar-refractivity contribution in [3.8, 4) is 6.07 Å². The first-order valence-electron chi connectivity index (χ1n) is 10.8. The number of hydrogen-bond donors (Lipinski definition) is 1. The normalized spacial score (nSPS) is 13.5. The maximum Gasteiger partial charge on any atom is 0.255 e. The zero-order chi connectivity index (χ0) is 24.2. The number of carbonyl (C=O) groups excluding carboxylic acids is 2. The number of nitrogens with zero attached hydrogens (tertiary/aromatic N) is 6. The Bertz CT molecular complexity index is 1270. The number of aryl methyl sites for hydroxylation is 2. The summed E-state index contributed by atoms with van der Waals surface area (Å²) < 4.78 is 1.72. The van der Waals surface area contributed by atoms with E-state index in [0.29, 0.717) is 53.8 Å². The summed E-state index contributed by atoms with van der Waals surface area (Å²) in [6, 6.07) is 12.1. The average Bonchev–Trinajstić information content (AvgIpc) is 3.15. The summed E-state index contributed by atoms with van der Waals surface area (Å²) in [5.74, 6) is 0.238. The number of aromatic nitrogens is 3. The van der Waals surface area contributed by atoms with Crippen molar-refractivity contribution in [1.82, 2.24) is 19.7 Å². The lowest BCUT2D eigenvalue weighted by molar-refractivity contribution is -0.132. The average molecular weight is 478 g/mol. The van der Waals surface area contributed by atoms with Gasteiger partial charge in [0.05, 0.1) is 28.0 Å². The third-order valence-electron chi connectivity index (χ3n) is 5.66. The van der Waals surface area contributed by atoms with E-state index in [2.05, 4.69) is 15.4 Å². The Kier molecular flexibility index (Phi) is 6.80. The molecule has 0 atom stereocenters. The molecule has 4 rings (SSSR count). The summed E-state index contributed by atoms with van der Waals surface area (Å²) in [6.07, 6.45) is 1.53. The van der Waals surface area contributed by atoms with Crippen LogP contribution in [0.1, 0.15) is 27.3 Å². The molecule has 9 nitrogen and oxygen atoms in total. The molecular formula is C24H24ClN7O2. The van der Waals surface area contributed by atoms with Crippen molar-refractivity contribution >= 4 is 34.9 Å². The minimum Gasteiger partial charge on any atom is -0.351 e. The molecule has 0 radical (unpaired) electrons. The van der Waals surface area contributed by atoms with Crippen LogP contribution in [0.2, 0.25) is 5.02 Å². The van der Waals surface area contributed by atoms with Crippen LogP contribution in [0.25, 0.3) is 0 Å². The fourth-order valence-corrected chi connectivity index (χ4v) is 4.09. The van der Waals surface area contributed by atoms with Crippen molar-refractivity contribution in [1.29, 1.82) is 5.26 Å². The zero-order valence-corrected chi connectivity index (χ0v) is 19.7. The van der Waals surface area contributed by atoms with Gasteiger partial charge in [-0.25, -0.2) is 4.98 Å². The third kappa shape index (κ3) is 5.18. The summed E-state index contributed by atoms with van der Waals surface area (Å²) in [5.41, 5.74) is 3.08. The van der Waals surface area contributed by atoms with Gasteiger partial charge in [-0.3, -0.25) is 14.3 Å². The SMILES string of the molecule is Cc1cc(C)n(CC(=O)N2CCN(c3ncc(Cl)cc3NC(=O)c3cccc(C#N)c3)CC2)n1. The molecule has 1 aliphatic rings. The van der Waals surface area contributed by atoms with Crippen molar-refractivity contribution in [3.63, 3.8) is 0 Å². The molecule has 1 N–H and O–H groups in total. The van der Waals surface area contributed by atoms with E-state index >= 15 is 0 Å². The zero-order valence-electron chi connectivity index (χ0n) is 19.0. The second-order valence-corrected chi connectivity index (χ2v) is 8.56. The first-order chi connectivity index (χ1) is 16.3. The number of halogens is 1. The fourth-order valence-electron chi connectivity index (χ4n) is 3.93. The van der Waals surface area contributed by atoms with E-state index in [1.165, 1.54) is 12.3 Å². The van der Waals surface area contributed by atoms with Gasteiger partial charge in [0.25, 0.3) is 5.91 Å². The highest BCUT2D eigenvalue weighted by molar-refractivity contribution is 6.31. The molecule has 0 unspecified atom stereocenters. The van der Waals surface area contributed by atoms with E-state index in [4.69, 9.17) is 16.9 Å². The van der Waals surface area contributed by atoms with Gasteiger partial charge >= 0.3 is 0 Å². The van der Waals surface area contributed by atoms with E-state index in [-0.39, 0.29) is 18.4 Å². The van der Waals surface area contributed by atoms with Gasteiger partial charge in [-0.05, 0) is 44.2 Å². The second-order valence-electron chi connectivity index (χ2n) is 8.12. The number of hydrogen-bond acceptors (Lipinski definition) is 6. The molecule has 0 aliphatic carbocycles. The molecule has 2 aromatic heterocycles. The first-order valence-corrected chi connectivity index (χ1v) is 11.2. The Hall–Kier alpha value is -3.90. The van der Waals surface area contributed by atoms with E-state index in [0.717, 1.165) is 11.4 Å². The van der Waals surface area contributed by atoms with E-state index in [1.807, 2.05) is 35.8 Å². The summed E-state index contributed by atoms with van der Waals surface area (Å²) >= 11 is 6.15. The van der Waals surface area contributed by atoms with Crippen LogP contribution < -0.4 is 10.2 Å². The van der Waals surface area contributed by atoms with E-state index in [1.54, 1.807) is 28.9 Å². The second kappa shape index (κ2) is 9.93. The van der Waals surface area contributed by atoms with Crippen LogP contribution in [-0.4, -0.2) is 57.7 Å². The van der Waals surface area contributed by atoms with Crippen LogP contribution in [0.15, 0.2) is 42.6 Å². The van der Waals surface area contributed by atoms with Crippen LogP contribution in [0.4, 0.5) is 11.5 Å². The van der Waals surface area contributed by atoms with Gasteiger partial charge in [0.15, 0.2) is 5.82 Å². The quantitative estimate of drug-likeness (QED) is 0.605. The summed E-state index contributed by atoms with van der Waals surface area (Å²) in [7, 11) is 0. The van der Waals surface area contributed by atoms with E-state index < -0.39 is 0 Å². The predicted octanol–water partition coefficient (Wildman–Crippen LogP) is 3.02. The standard InChI is InChI=1S/C24H24ClN7O2/c1-16-10-17(2)32(29-16)15-22(33)30-6-8-31(9-7-30)23-21(12-20(25)14-27-23)28-24(34)19-5-3-4-18(11-19)13-26/h3-5,10-12,14H,6-9,15H2,1-2H3,(H,28,34). The van der Waals surface area contributed by atoms with Gasteiger partial charge in [-0.15, -0.1) is 0 Å². The fraction of sp³-hybridized carbons (Fsp3) is 0.292. The smallest absolute Gasteiger partial charge is 0.255 e. The van der Waals surface area contributed by atoms with Crippen LogP contribution in [0.5, 0.6) is 0 Å². The van der Waals surface area contributed by atoms with Crippen molar-refractivity contribution in [2.24, 2.45) is 0 Å². The molecule has 0 spiro atoms. The molecule has 174 valence electrons. The molecule has 3 heterocycles. The Labute approximate surface area is 202 Å². The summed E-state index contributed by atoms with van der Waals surface area (Å²) in [4.78, 5) is 33.8. The molecule has 1 aliphatic heterocycles. The molecule has 3 aromatic rings. The van der Waals surface area contributed by atoms with Gasteiger partial charge in [0.2, 0.25) is 5.91 Å². The molecule has 34 heavy (non-hydrogen) atoms. The van der Waals surface area contributed by atoms with Crippen molar-refractivity contribution in [2.45, 2.75) is 20.4 Å². The number of rotatable bonds is 5. The predicted molar refractivity (Wildman–Crippen MR) is 129 cm³/mol. The monoisotopic (exact) mass is 477 g/mol. The Morgan fingerprint density at radius 3 is 2.59 bits per heavy atom. The van der Waals surface area contributed by atoms with Crippen LogP contribution >= 0.6 is 11.6 Å². The maximum atomic E-state index is 12.8. The molecule has 0 bridgehead atoms. The lowest BCUT2D eigenvalue weighted by Gasteiger charge is -2.36. The van der Waals surface area contributed by atoms with Gasteiger partial charge in [0, 0.05) is 43.6 Å². The maximum absolute atomic E-state index is 12.8. The number of nitriles is 1. The highest BCUT2D eigenvalue weighted by Crippen LogP contribution is 2.28. The minimum atomic E-state index is -0.360. The number of carbonyl (C=O) groups is 2. The molecule has 1 saturated heterocycles. The molecular weight excluding hydrogens is 454 g/mol. The van der Waals surface area contributed by atoms with Crippen LogP contribution in [0.3, 0.4) is 0 Å². The molecule has 1 fully saturated rings. The molecule has 0 saturated carbocycles. The highest BCUT2D eigenvalue weighted by atomic mass is 35.5. The number of piperazine rings is 1. The first kappa shape index (κ1) is 23.3. The lowest BCUT2D eigenvalue weighted by Crippen LogP contribution is -2.50. The molecule has 10 heteroatoms. The highest BCUT2D eigenvalue weighted by Gasteiger charge is 2.25. The third-order valence-corrected chi connectivity index (χ3v) is 5.86. The Balaban J connectivity index is 1.44. The lowest BCUT2D eigenvalue weighted by atomic mass is 10.1. The molecule has 2 amide bonds. The van der Waals surface area contributed by atoms with Gasteiger partial charge < -0.3 is 15.1 Å². The van der Waals surface area contributed by atoms with Crippen molar-refractivity contribution in [2.75, 3.05) is 36.4 Å². The van der Waals surface area contributed by atoms with E-state index in [9.17, 15) is 9.59 Å². The largest absolute Gasteiger partial charge is 0.351 e. The summed E-state index contributed by atoms with van der Waals surface area (Å²) in [5, 5.41) is 16.7. The van der Waals surface area contributed by atoms with Crippen molar-refractivity contribution in [3.05, 3.63) is 70.1 Å². The summed E-state index contributed by atoms with van der Waals surface area (Å²) in [6.45, 7) is 6.23. The number of benzene rings is 1. The number of pyridine rings is 1. The van der Waals surface area contributed by atoms with Crippen LogP contribution in [-0.2, 0) is 11.3 Å².